The quantitative estimate of drug-likeness (QED) is 0.805. The van der Waals surface area contributed by atoms with E-state index >= 15 is 0 Å². The molecule has 2 aromatic rings. The first-order valence-corrected chi connectivity index (χ1v) is 6.75. The number of hydrogen-bond donors (Lipinski definition) is 2. The third kappa shape index (κ3) is 2.62. The molecule has 0 unspecified atom stereocenters. The first kappa shape index (κ1) is 13.6. The number of carbonyl (C=O) groups is 1. The first-order chi connectivity index (χ1) is 10.2. The van der Waals surface area contributed by atoms with E-state index in [4.69, 9.17) is 5.11 Å². The van der Waals surface area contributed by atoms with Gasteiger partial charge in [0.15, 0.2) is 5.82 Å². The normalized spacial score (nSPS) is 20.9. The Morgan fingerprint density at radius 2 is 2.24 bits per heavy atom. The van der Waals surface area contributed by atoms with Crippen LogP contribution in [0.5, 0.6) is 0 Å². The minimum absolute atomic E-state index is 0.120. The molecule has 1 amide bonds. The van der Waals surface area contributed by atoms with Gasteiger partial charge in [0.2, 0.25) is 0 Å². The van der Waals surface area contributed by atoms with Gasteiger partial charge >= 0.3 is 0 Å². The highest BCUT2D eigenvalue weighted by Crippen LogP contribution is 2.35. The number of aliphatic hydroxyl groups excluding tert-OH is 1. The van der Waals surface area contributed by atoms with E-state index in [1.807, 2.05) is 11.6 Å². The summed E-state index contributed by atoms with van der Waals surface area (Å²) in [6.45, 7) is -0.120. The van der Waals surface area contributed by atoms with Crippen molar-refractivity contribution in [3.05, 3.63) is 35.7 Å². The summed E-state index contributed by atoms with van der Waals surface area (Å²) in [5, 5.41) is 27.4. The highest BCUT2D eigenvalue weighted by molar-refractivity contribution is 5.93. The molecule has 0 saturated heterocycles. The molecule has 0 atom stereocenters. The molecule has 1 aliphatic carbocycles. The van der Waals surface area contributed by atoms with Crippen LogP contribution in [0.4, 0.5) is 0 Å². The molecule has 2 heterocycles. The van der Waals surface area contributed by atoms with Gasteiger partial charge in [-0.2, -0.15) is 10.2 Å². The van der Waals surface area contributed by atoms with Crippen LogP contribution in [-0.2, 0) is 13.7 Å². The number of aliphatic hydroxyl groups is 1. The lowest BCUT2D eigenvalue weighted by Crippen LogP contribution is -2.44. The van der Waals surface area contributed by atoms with Gasteiger partial charge in [0, 0.05) is 19.0 Å². The third-order valence-corrected chi connectivity index (χ3v) is 3.83. The van der Waals surface area contributed by atoms with Gasteiger partial charge < -0.3 is 15.0 Å². The molecule has 0 radical (unpaired) electrons. The molecule has 1 aliphatic rings. The lowest BCUT2D eigenvalue weighted by Gasteiger charge is -2.35. The van der Waals surface area contributed by atoms with Gasteiger partial charge in [0.1, 0.15) is 12.4 Å². The topological polar surface area (TPSA) is 106 Å². The van der Waals surface area contributed by atoms with Crippen LogP contribution in [0.1, 0.15) is 40.8 Å². The van der Waals surface area contributed by atoms with Crippen LogP contribution >= 0.6 is 0 Å². The Hall–Kier alpha value is -2.35. The summed E-state index contributed by atoms with van der Waals surface area (Å²) in [4.78, 5) is 12.0. The maximum Gasteiger partial charge on any atom is 0.253 e. The van der Waals surface area contributed by atoms with Crippen molar-refractivity contribution in [2.24, 2.45) is 7.05 Å². The zero-order chi connectivity index (χ0) is 14.8. The van der Waals surface area contributed by atoms with Crippen LogP contribution in [-0.4, -0.2) is 42.0 Å². The van der Waals surface area contributed by atoms with E-state index in [2.05, 4.69) is 25.7 Å². The molecular formula is C13H16N6O2. The van der Waals surface area contributed by atoms with Crippen LogP contribution in [0.15, 0.2) is 18.5 Å². The molecule has 2 N–H and O–H groups in total. The molecule has 2 aromatic heterocycles. The van der Waals surface area contributed by atoms with E-state index < -0.39 is 0 Å². The fourth-order valence-corrected chi connectivity index (χ4v) is 2.51. The zero-order valence-electron chi connectivity index (χ0n) is 11.6. The Balaban J connectivity index is 1.56. The van der Waals surface area contributed by atoms with E-state index in [9.17, 15) is 4.79 Å². The van der Waals surface area contributed by atoms with Gasteiger partial charge in [-0.05, 0) is 18.9 Å². The van der Waals surface area contributed by atoms with Crippen molar-refractivity contribution in [2.45, 2.75) is 31.4 Å². The molecule has 0 bridgehead atoms. The number of carbonyl (C=O) groups excluding carboxylic acids is 1. The van der Waals surface area contributed by atoms with Crippen molar-refractivity contribution in [2.75, 3.05) is 0 Å². The maximum atomic E-state index is 12.0. The Labute approximate surface area is 121 Å². The molecule has 21 heavy (non-hydrogen) atoms. The Bertz CT molecular complexity index is 635. The summed E-state index contributed by atoms with van der Waals surface area (Å²) in [5.74, 6) is 1.54. The van der Waals surface area contributed by atoms with E-state index in [1.54, 1.807) is 6.07 Å². The Morgan fingerprint density at radius 3 is 2.86 bits per heavy atom. The van der Waals surface area contributed by atoms with Crippen LogP contribution in [0.25, 0.3) is 0 Å². The van der Waals surface area contributed by atoms with Gasteiger partial charge in [0.25, 0.3) is 5.91 Å². The third-order valence-electron chi connectivity index (χ3n) is 3.83. The van der Waals surface area contributed by atoms with E-state index in [-0.39, 0.29) is 24.5 Å². The standard InChI is InChI=1S/C13H16N6O2/c1-19-11(7-20)17-18-12(19)9-4-10(5-9)16-13(21)8-2-3-14-15-6-8/h2-3,6,9-10,20H,4-5,7H2,1H3,(H,16,21). The molecule has 0 spiro atoms. The predicted octanol–water partition coefficient (Wildman–Crippen LogP) is -0.227. The summed E-state index contributed by atoms with van der Waals surface area (Å²) in [5.41, 5.74) is 0.509. The second kappa shape index (κ2) is 5.57. The van der Waals surface area contributed by atoms with Crippen molar-refractivity contribution >= 4 is 5.91 Å². The van der Waals surface area contributed by atoms with Crippen molar-refractivity contribution in [3.8, 4) is 0 Å². The van der Waals surface area contributed by atoms with Crippen molar-refractivity contribution < 1.29 is 9.90 Å². The number of hydrogen-bond acceptors (Lipinski definition) is 6. The summed E-state index contributed by atoms with van der Waals surface area (Å²) in [6, 6.07) is 1.76. The minimum Gasteiger partial charge on any atom is -0.388 e. The van der Waals surface area contributed by atoms with Gasteiger partial charge in [-0.15, -0.1) is 10.2 Å². The monoisotopic (exact) mass is 288 g/mol. The average molecular weight is 288 g/mol. The van der Waals surface area contributed by atoms with Gasteiger partial charge in [-0.3, -0.25) is 4.79 Å². The molecule has 8 nitrogen and oxygen atoms in total. The number of nitrogens with one attached hydrogen (secondary N) is 1. The predicted molar refractivity (Wildman–Crippen MR) is 72.2 cm³/mol. The summed E-state index contributed by atoms with van der Waals surface area (Å²) in [7, 11) is 1.84. The van der Waals surface area contributed by atoms with Crippen LogP contribution in [0.2, 0.25) is 0 Å². The zero-order valence-corrected chi connectivity index (χ0v) is 11.6. The molecule has 0 aliphatic heterocycles. The van der Waals surface area contributed by atoms with Crippen molar-refractivity contribution in [1.29, 1.82) is 0 Å². The summed E-state index contributed by atoms with van der Waals surface area (Å²) in [6.07, 6.45) is 4.58. The highest BCUT2D eigenvalue weighted by atomic mass is 16.3. The van der Waals surface area contributed by atoms with Crippen LogP contribution in [0.3, 0.4) is 0 Å². The Kier molecular flexibility index (Phi) is 3.61. The fraction of sp³-hybridized carbons (Fsp3) is 0.462. The number of nitrogens with zero attached hydrogens (tertiary/aromatic N) is 5. The molecule has 110 valence electrons. The fourth-order valence-electron chi connectivity index (χ4n) is 2.51. The largest absolute Gasteiger partial charge is 0.388 e. The summed E-state index contributed by atoms with van der Waals surface area (Å²) >= 11 is 0. The molecule has 1 saturated carbocycles. The van der Waals surface area contributed by atoms with E-state index in [0.29, 0.717) is 11.4 Å². The summed E-state index contributed by atoms with van der Waals surface area (Å²) < 4.78 is 1.81. The SMILES string of the molecule is Cn1c(CO)nnc1C1CC(NC(=O)c2ccnnc2)C1. The molecule has 8 heteroatoms. The lowest BCUT2D eigenvalue weighted by molar-refractivity contribution is 0.0906. The van der Waals surface area contributed by atoms with Gasteiger partial charge in [-0.1, -0.05) is 0 Å². The lowest BCUT2D eigenvalue weighted by atomic mass is 9.79. The molecule has 1 fully saturated rings. The second-order valence-corrected chi connectivity index (χ2v) is 5.16. The Morgan fingerprint density at radius 1 is 1.43 bits per heavy atom. The van der Waals surface area contributed by atoms with E-state index in [0.717, 1.165) is 18.7 Å². The minimum atomic E-state index is -0.137. The highest BCUT2D eigenvalue weighted by Gasteiger charge is 2.34. The van der Waals surface area contributed by atoms with Gasteiger partial charge in [-0.25, -0.2) is 0 Å². The van der Waals surface area contributed by atoms with E-state index in [1.165, 1.54) is 12.4 Å². The van der Waals surface area contributed by atoms with Crippen LogP contribution in [0, 0.1) is 0 Å². The van der Waals surface area contributed by atoms with Gasteiger partial charge in [0.05, 0.1) is 18.0 Å². The van der Waals surface area contributed by atoms with Crippen molar-refractivity contribution in [1.82, 2.24) is 30.3 Å². The molecular weight excluding hydrogens is 272 g/mol. The maximum absolute atomic E-state index is 12.0. The smallest absolute Gasteiger partial charge is 0.253 e. The van der Waals surface area contributed by atoms with Crippen molar-refractivity contribution in [3.63, 3.8) is 0 Å². The van der Waals surface area contributed by atoms with Crippen LogP contribution < -0.4 is 5.32 Å². The number of rotatable bonds is 4. The second-order valence-electron chi connectivity index (χ2n) is 5.16. The molecule has 0 aromatic carbocycles. The molecule has 3 rings (SSSR count). The first-order valence-electron chi connectivity index (χ1n) is 6.75. The number of aromatic nitrogens is 5. The number of amides is 1. The average Bonchev–Trinajstić information content (AvgIpc) is 2.84.